The summed E-state index contributed by atoms with van der Waals surface area (Å²) in [6.45, 7) is 3.77. The lowest BCUT2D eigenvalue weighted by Gasteiger charge is -2.34. The third-order valence-electron chi connectivity index (χ3n) is 4.03. The minimum atomic E-state index is -0.00448. The number of halogens is 2. The summed E-state index contributed by atoms with van der Waals surface area (Å²) in [5.41, 5.74) is 1.13. The Morgan fingerprint density at radius 2 is 2.10 bits per heavy atom. The van der Waals surface area contributed by atoms with Crippen LogP contribution in [0, 0.1) is 5.92 Å². The van der Waals surface area contributed by atoms with Crippen LogP contribution < -0.4 is 5.32 Å². The molecular formula is C15H20BrClN2O2. The van der Waals surface area contributed by atoms with Crippen molar-refractivity contribution in [1.29, 1.82) is 0 Å². The molecule has 3 rings (SSSR count). The standard InChI is InChI=1S/C15H19BrN2O2.ClH/c16-13-3-1-11(2-4-13)14-10-18(7-8-20-14)15(19)12-5-6-17-9-12;/h1-4,12,14,17H,5-10H2;1H. The van der Waals surface area contributed by atoms with Gasteiger partial charge in [0.15, 0.2) is 0 Å². The van der Waals surface area contributed by atoms with Gasteiger partial charge in [0, 0.05) is 17.6 Å². The molecule has 2 heterocycles. The number of nitrogens with zero attached hydrogens (tertiary/aromatic N) is 1. The fourth-order valence-corrected chi connectivity index (χ4v) is 3.12. The number of amides is 1. The smallest absolute Gasteiger partial charge is 0.227 e. The number of carbonyl (C=O) groups is 1. The number of carbonyl (C=O) groups excluding carboxylic acids is 1. The number of nitrogens with one attached hydrogen (secondary N) is 1. The molecule has 2 aliphatic heterocycles. The van der Waals surface area contributed by atoms with Crippen LogP contribution in [0.5, 0.6) is 0 Å². The lowest BCUT2D eigenvalue weighted by atomic mass is 10.0. The number of hydrogen-bond acceptors (Lipinski definition) is 3. The largest absolute Gasteiger partial charge is 0.370 e. The number of benzene rings is 1. The van der Waals surface area contributed by atoms with Crippen LogP contribution in [0.1, 0.15) is 18.1 Å². The van der Waals surface area contributed by atoms with Crippen molar-refractivity contribution in [2.45, 2.75) is 12.5 Å². The van der Waals surface area contributed by atoms with Gasteiger partial charge in [-0.15, -0.1) is 12.4 Å². The molecule has 21 heavy (non-hydrogen) atoms. The predicted octanol–water partition coefficient (Wildman–Crippen LogP) is 2.38. The zero-order valence-electron chi connectivity index (χ0n) is 11.8. The molecule has 2 unspecified atom stereocenters. The van der Waals surface area contributed by atoms with Crippen molar-refractivity contribution in [2.24, 2.45) is 5.92 Å². The quantitative estimate of drug-likeness (QED) is 0.863. The number of ether oxygens (including phenoxy) is 1. The number of morpholine rings is 1. The highest BCUT2D eigenvalue weighted by molar-refractivity contribution is 9.10. The molecule has 0 radical (unpaired) electrons. The van der Waals surface area contributed by atoms with E-state index in [0.717, 1.165) is 29.5 Å². The van der Waals surface area contributed by atoms with E-state index in [2.05, 4.69) is 33.4 Å². The van der Waals surface area contributed by atoms with Crippen molar-refractivity contribution in [2.75, 3.05) is 32.8 Å². The average molecular weight is 376 g/mol. The molecule has 4 nitrogen and oxygen atoms in total. The molecule has 1 N–H and O–H groups in total. The van der Waals surface area contributed by atoms with E-state index in [0.29, 0.717) is 19.7 Å². The fourth-order valence-electron chi connectivity index (χ4n) is 2.85. The SMILES string of the molecule is Cl.O=C(C1CCNC1)N1CCOC(c2ccc(Br)cc2)C1. The van der Waals surface area contributed by atoms with Gasteiger partial charge in [0.2, 0.25) is 5.91 Å². The first-order chi connectivity index (χ1) is 9.74. The van der Waals surface area contributed by atoms with Crippen LogP contribution in [-0.2, 0) is 9.53 Å². The Labute approximate surface area is 139 Å². The minimum Gasteiger partial charge on any atom is -0.370 e. The Hall–Kier alpha value is -0.620. The van der Waals surface area contributed by atoms with Crippen LogP contribution in [0.25, 0.3) is 0 Å². The second-order valence-corrected chi connectivity index (χ2v) is 6.30. The highest BCUT2D eigenvalue weighted by Crippen LogP contribution is 2.25. The molecule has 0 aromatic heterocycles. The molecule has 2 atom stereocenters. The van der Waals surface area contributed by atoms with E-state index < -0.39 is 0 Å². The Balaban J connectivity index is 0.00000161. The van der Waals surface area contributed by atoms with Crippen LogP contribution in [0.4, 0.5) is 0 Å². The fraction of sp³-hybridized carbons (Fsp3) is 0.533. The van der Waals surface area contributed by atoms with Gasteiger partial charge in [-0.1, -0.05) is 28.1 Å². The number of rotatable bonds is 2. The van der Waals surface area contributed by atoms with Crippen molar-refractivity contribution >= 4 is 34.2 Å². The van der Waals surface area contributed by atoms with Crippen molar-refractivity contribution in [1.82, 2.24) is 10.2 Å². The molecule has 2 aliphatic rings. The summed E-state index contributed by atoms with van der Waals surface area (Å²) in [6.07, 6.45) is 0.953. The lowest BCUT2D eigenvalue weighted by Crippen LogP contribution is -2.45. The van der Waals surface area contributed by atoms with Crippen molar-refractivity contribution in [3.63, 3.8) is 0 Å². The average Bonchev–Trinajstić information content (AvgIpc) is 3.01. The van der Waals surface area contributed by atoms with Gasteiger partial charge in [0.1, 0.15) is 6.10 Å². The van der Waals surface area contributed by atoms with Crippen molar-refractivity contribution in [3.05, 3.63) is 34.3 Å². The van der Waals surface area contributed by atoms with Gasteiger partial charge < -0.3 is 15.0 Å². The van der Waals surface area contributed by atoms with Gasteiger partial charge in [-0.05, 0) is 30.7 Å². The Kier molecular flexibility index (Phi) is 6.05. The first-order valence-electron chi connectivity index (χ1n) is 7.10. The molecule has 0 saturated carbocycles. The van der Waals surface area contributed by atoms with E-state index >= 15 is 0 Å². The van der Waals surface area contributed by atoms with E-state index in [-0.39, 0.29) is 30.3 Å². The molecule has 0 bridgehead atoms. The third kappa shape index (κ3) is 3.97. The van der Waals surface area contributed by atoms with E-state index in [1.54, 1.807) is 0 Å². The molecule has 1 aromatic carbocycles. The van der Waals surface area contributed by atoms with E-state index in [1.165, 1.54) is 0 Å². The van der Waals surface area contributed by atoms with Crippen LogP contribution in [0.2, 0.25) is 0 Å². The minimum absolute atomic E-state index is 0. The predicted molar refractivity (Wildman–Crippen MR) is 87.6 cm³/mol. The van der Waals surface area contributed by atoms with Crippen LogP contribution in [0.15, 0.2) is 28.7 Å². The molecule has 6 heteroatoms. The first kappa shape index (κ1) is 16.7. The zero-order valence-corrected chi connectivity index (χ0v) is 14.2. The van der Waals surface area contributed by atoms with Gasteiger partial charge >= 0.3 is 0 Å². The first-order valence-corrected chi connectivity index (χ1v) is 7.90. The topological polar surface area (TPSA) is 41.6 Å². The van der Waals surface area contributed by atoms with Crippen LogP contribution in [0.3, 0.4) is 0 Å². The second-order valence-electron chi connectivity index (χ2n) is 5.38. The summed E-state index contributed by atoms with van der Waals surface area (Å²) in [5.74, 6) is 0.430. The van der Waals surface area contributed by atoms with Crippen LogP contribution in [-0.4, -0.2) is 43.6 Å². The Morgan fingerprint density at radius 3 is 2.76 bits per heavy atom. The van der Waals surface area contributed by atoms with Crippen molar-refractivity contribution < 1.29 is 9.53 Å². The number of hydrogen-bond donors (Lipinski definition) is 1. The molecule has 2 saturated heterocycles. The summed E-state index contributed by atoms with van der Waals surface area (Å²) < 4.78 is 6.88. The Bertz CT molecular complexity index is 477. The molecular weight excluding hydrogens is 356 g/mol. The molecule has 0 aliphatic carbocycles. The molecule has 0 spiro atoms. The summed E-state index contributed by atoms with van der Waals surface area (Å²) in [7, 11) is 0. The summed E-state index contributed by atoms with van der Waals surface area (Å²) in [6, 6.07) is 8.14. The summed E-state index contributed by atoms with van der Waals surface area (Å²) in [4.78, 5) is 14.4. The summed E-state index contributed by atoms with van der Waals surface area (Å²) in [5, 5.41) is 3.26. The normalized spacial score (nSPS) is 25.5. The van der Waals surface area contributed by atoms with Gasteiger partial charge in [-0.25, -0.2) is 0 Å². The maximum absolute atomic E-state index is 12.5. The lowest BCUT2D eigenvalue weighted by molar-refractivity contribution is -0.142. The van der Waals surface area contributed by atoms with Gasteiger partial charge in [0.05, 0.1) is 19.1 Å². The van der Waals surface area contributed by atoms with Crippen molar-refractivity contribution in [3.8, 4) is 0 Å². The highest BCUT2D eigenvalue weighted by Gasteiger charge is 2.31. The van der Waals surface area contributed by atoms with Gasteiger partial charge in [-0.3, -0.25) is 4.79 Å². The monoisotopic (exact) mass is 374 g/mol. The highest BCUT2D eigenvalue weighted by atomic mass is 79.9. The van der Waals surface area contributed by atoms with E-state index in [9.17, 15) is 4.79 Å². The van der Waals surface area contributed by atoms with E-state index in [4.69, 9.17) is 4.74 Å². The van der Waals surface area contributed by atoms with Gasteiger partial charge in [-0.2, -0.15) is 0 Å². The Morgan fingerprint density at radius 1 is 1.33 bits per heavy atom. The molecule has 116 valence electrons. The van der Waals surface area contributed by atoms with E-state index in [1.807, 2.05) is 17.0 Å². The maximum Gasteiger partial charge on any atom is 0.227 e. The molecule has 2 fully saturated rings. The third-order valence-corrected chi connectivity index (χ3v) is 4.56. The molecule has 1 aromatic rings. The molecule has 1 amide bonds. The summed E-state index contributed by atoms with van der Waals surface area (Å²) >= 11 is 3.44. The van der Waals surface area contributed by atoms with Crippen LogP contribution >= 0.6 is 28.3 Å². The van der Waals surface area contributed by atoms with Gasteiger partial charge in [0.25, 0.3) is 0 Å². The second kappa shape index (κ2) is 7.58. The zero-order chi connectivity index (χ0) is 13.9. The maximum atomic E-state index is 12.5.